The fraction of sp³-hybridized carbons (Fsp3) is 0.143. The zero-order valence-electron chi connectivity index (χ0n) is 9.96. The third-order valence-corrected chi connectivity index (χ3v) is 3.90. The summed E-state index contributed by atoms with van der Waals surface area (Å²) in [5, 5.41) is 0. The number of para-hydroxylation sites is 2. The van der Waals surface area contributed by atoms with Crippen molar-refractivity contribution >= 4 is 28.2 Å². The van der Waals surface area contributed by atoms with Gasteiger partial charge in [-0.15, -0.1) is 11.3 Å². The van der Waals surface area contributed by atoms with Crippen molar-refractivity contribution in [1.82, 2.24) is 9.55 Å². The zero-order valence-corrected chi connectivity index (χ0v) is 10.8. The lowest BCUT2D eigenvalue weighted by atomic mass is 10.3. The normalized spacial score (nSPS) is 10.9. The van der Waals surface area contributed by atoms with Gasteiger partial charge in [0.25, 0.3) is 0 Å². The second kappa shape index (κ2) is 4.38. The first kappa shape index (κ1) is 11.2. The molecular formula is C14H12N2OS. The Kier molecular flexibility index (Phi) is 2.72. The molecule has 0 aliphatic heterocycles. The van der Waals surface area contributed by atoms with Crippen LogP contribution in [0.25, 0.3) is 11.0 Å². The number of imidazole rings is 1. The first-order valence-electron chi connectivity index (χ1n) is 5.73. The van der Waals surface area contributed by atoms with Gasteiger partial charge in [0.15, 0.2) is 5.78 Å². The molecule has 18 heavy (non-hydrogen) atoms. The van der Waals surface area contributed by atoms with Gasteiger partial charge in [-0.05, 0) is 31.2 Å². The Balaban J connectivity index is 1.90. The summed E-state index contributed by atoms with van der Waals surface area (Å²) >= 11 is 1.54. The van der Waals surface area contributed by atoms with E-state index in [1.165, 1.54) is 11.3 Å². The van der Waals surface area contributed by atoms with Crippen LogP contribution in [0.1, 0.15) is 14.5 Å². The number of ketones is 1. The molecule has 0 N–H and O–H groups in total. The van der Waals surface area contributed by atoms with Crippen molar-refractivity contribution in [1.29, 1.82) is 0 Å². The number of carbonyl (C=O) groups is 1. The minimum atomic E-state index is 0.135. The number of hydrogen-bond donors (Lipinski definition) is 0. The predicted molar refractivity (Wildman–Crippen MR) is 73.1 cm³/mol. The summed E-state index contributed by atoms with van der Waals surface area (Å²) in [4.78, 5) is 18.4. The first-order chi connectivity index (χ1) is 8.74. The number of thiophene rings is 1. The SMILES string of the molecule is Cc1ccc(C(=O)Cn2cnc3ccccc32)s1. The van der Waals surface area contributed by atoms with E-state index in [1.54, 1.807) is 6.33 Å². The Morgan fingerprint density at radius 2 is 2.11 bits per heavy atom. The van der Waals surface area contributed by atoms with E-state index in [0.717, 1.165) is 20.8 Å². The van der Waals surface area contributed by atoms with Gasteiger partial charge in [0.2, 0.25) is 0 Å². The molecular weight excluding hydrogens is 244 g/mol. The maximum atomic E-state index is 12.1. The van der Waals surface area contributed by atoms with E-state index in [9.17, 15) is 4.79 Å². The zero-order chi connectivity index (χ0) is 12.5. The van der Waals surface area contributed by atoms with Crippen LogP contribution in [0, 0.1) is 6.92 Å². The molecule has 0 bridgehead atoms. The molecule has 0 radical (unpaired) electrons. The van der Waals surface area contributed by atoms with Gasteiger partial charge < -0.3 is 4.57 Å². The van der Waals surface area contributed by atoms with Crippen LogP contribution in [0.4, 0.5) is 0 Å². The van der Waals surface area contributed by atoms with Gasteiger partial charge in [-0.2, -0.15) is 0 Å². The fourth-order valence-electron chi connectivity index (χ4n) is 1.95. The topological polar surface area (TPSA) is 34.9 Å². The molecule has 0 saturated heterocycles. The minimum absolute atomic E-state index is 0.135. The van der Waals surface area contributed by atoms with Crippen LogP contribution in [0.2, 0.25) is 0 Å². The van der Waals surface area contributed by atoms with Crippen molar-refractivity contribution in [3.63, 3.8) is 0 Å². The number of nitrogens with zero attached hydrogens (tertiary/aromatic N) is 2. The molecule has 0 fully saturated rings. The van der Waals surface area contributed by atoms with E-state index in [4.69, 9.17) is 0 Å². The summed E-state index contributed by atoms with van der Waals surface area (Å²) in [6.07, 6.45) is 1.73. The van der Waals surface area contributed by atoms with Crippen molar-refractivity contribution in [2.75, 3.05) is 0 Å². The summed E-state index contributed by atoms with van der Waals surface area (Å²) in [7, 11) is 0. The number of fused-ring (bicyclic) bond motifs is 1. The smallest absolute Gasteiger partial charge is 0.192 e. The Bertz CT molecular complexity index is 711. The van der Waals surface area contributed by atoms with Crippen LogP contribution in [-0.2, 0) is 6.54 Å². The highest BCUT2D eigenvalue weighted by atomic mass is 32.1. The summed E-state index contributed by atoms with van der Waals surface area (Å²) in [6.45, 7) is 2.36. The highest BCUT2D eigenvalue weighted by molar-refractivity contribution is 7.14. The molecule has 0 spiro atoms. The van der Waals surface area contributed by atoms with Crippen LogP contribution >= 0.6 is 11.3 Å². The molecule has 0 saturated carbocycles. The van der Waals surface area contributed by atoms with Crippen molar-refractivity contribution < 1.29 is 4.79 Å². The van der Waals surface area contributed by atoms with Gasteiger partial charge in [0.1, 0.15) is 0 Å². The number of Topliss-reactive ketones (excluding diaryl/α,β-unsaturated/α-hetero) is 1. The molecule has 0 aliphatic carbocycles. The van der Waals surface area contributed by atoms with Crippen molar-refractivity contribution in [3.8, 4) is 0 Å². The van der Waals surface area contributed by atoms with Gasteiger partial charge >= 0.3 is 0 Å². The molecule has 2 heterocycles. The van der Waals surface area contributed by atoms with E-state index in [0.29, 0.717) is 6.54 Å². The number of rotatable bonds is 3. The number of hydrogen-bond acceptors (Lipinski definition) is 3. The van der Waals surface area contributed by atoms with Crippen LogP contribution in [-0.4, -0.2) is 15.3 Å². The molecule has 3 aromatic rings. The van der Waals surface area contributed by atoms with Gasteiger partial charge in [-0.1, -0.05) is 12.1 Å². The number of aryl methyl sites for hydroxylation is 1. The highest BCUT2D eigenvalue weighted by Gasteiger charge is 2.10. The molecule has 0 aliphatic rings. The van der Waals surface area contributed by atoms with E-state index in [2.05, 4.69) is 4.98 Å². The van der Waals surface area contributed by atoms with Crippen LogP contribution < -0.4 is 0 Å². The fourth-order valence-corrected chi connectivity index (χ4v) is 2.75. The maximum absolute atomic E-state index is 12.1. The molecule has 0 atom stereocenters. The van der Waals surface area contributed by atoms with Crippen LogP contribution in [0.5, 0.6) is 0 Å². The summed E-state index contributed by atoms with van der Waals surface area (Å²) in [6, 6.07) is 11.7. The maximum Gasteiger partial charge on any atom is 0.192 e. The van der Waals surface area contributed by atoms with E-state index < -0.39 is 0 Å². The minimum Gasteiger partial charge on any atom is -0.323 e. The van der Waals surface area contributed by atoms with Crippen molar-refractivity contribution in [3.05, 3.63) is 52.5 Å². The second-order valence-corrected chi connectivity index (χ2v) is 5.48. The third-order valence-electron chi connectivity index (χ3n) is 2.86. The largest absolute Gasteiger partial charge is 0.323 e. The molecule has 0 unspecified atom stereocenters. The highest BCUT2D eigenvalue weighted by Crippen LogP contribution is 2.18. The summed E-state index contributed by atoms with van der Waals surface area (Å²) in [5.41, 5.74) is 1.92. The van der Waals surface area contributed by atoms with E-state index >= 15 is 0 Å². The quantitative estimate of drug-likeness (QED) is 0.674. The van der Waals surface area contributed by atoms with Crippen molar-refractivity contribution in [2.45, 2.75) is 13.5 Å². The Morgan fingerprint density at radius 1 is 1.28 bits per heavy atom. The average molecular weight is 256 g/mol. The van der Waals surface area contributed by atoms with Gasteiger partial charge in [0, 0.05) is 4.88 Å². The van der Waals surface area contributed by atoms with Crippen LogP contribution in [0.15, 0.2) is 42.7 Å². The lowest BCUT2D eigenvalue weighted by molar-refractivity contribution is 0.0977. The standard InChI is InChI=1S/C14H12N2OS/c1-10-6-7-14(18-10)13(17)8-16-9-15-11-4-2-3-5-12(11)16/h2-7,9H,8H2,1H3. The molecule has 3 rings (SSSR count). The molecule has 90 valence electrons. The molecule has 4 heteroatoms. The Hall–Kier alpha value is -1.94. The number of benzene rings is 1. The van der Waals surface area contributed by atoms with Crippen LogP contribution in [0.3, 0.4) is 0 Å². The van der Waals surface area contributed by atoms with Gasteiger partial charge in [-0.25, -0.2) is 4.98 Å². The molecule has 3 nitrogen and oxygen atoms in total. The Labute approximate surface area is 109 Å². The summed E-state index contributed by atoms with van der Waals surface area (Å²) in [5.74, 6) is 0.135. The molecule has 0 amide bonds. The summed E-state index contributed by atoms with van der Waals surface area (Å²) < 4.78 is 1.90. The Morgan fingerprint density at radius 3 is 2.89 bits per heavy atom. The molecule has 2 aromatic heterocycles. The third kappa shape index (κ3) is 1.95. The lowest BCUT2D eigenvalue weighted by Crippen LogP contribution is -2.07. The van der Waals surface area contributed by atoms with Gasteiger partial charge in [-0.3, -0.25) is 4.79 Å². The molecule has 1 aromatic carbocycles. The lowest BCUT2D eigenvalue weighted by Gasteiger charge is -2.01. The number of carbonyl (C=O) groups excluding carboxylic acids is 1. The predicted octanol–water partition coefficient (Wildman–Crippen LogP) is 3.29. The average Bonchev–Trinajstić information content (AvgIpc) is 2.97. The van der Waals surface area contributed by atoms with Crippen molar-refractivity contribution in [2.24, 2.45) is 0 Å². The second-order valence-electron chi connectivity index (χ2n) is 4.19. The van der Waals surface area contributed by atoms with E-state index in [1.807, 2.05) is 47.9 Å². The van der Waals surface area contributed by atoms with E-state index in [-0.39, 0.29) is 5.78 Å². The number of aromatic nitrogens is 2. The first-order valence-corrected chi connectivity index (χ1v) is 6.55. The van der Waals surface area contributed by atoms with Gasteiger partial charge in [0.05, 0.1) is 28.8 Å². The monoisotopic (exact) mass is 256 g/mol.